The number of nitrogens with one attached hydrogen (secondary N) is 2. The van der Waals surface area contributed by atoms with Gasteiger partial charge in [-0.25, -0.2) is 4.79 Å². The highest BCUT2D eigenvalue weighted by Crippen LogP contribution is 2.33. The summed E-state index contributed by atoms with van der Waals surface area (Å²) in [7, 11) is 1.47. The maximum atomic E-state index is 12.4. The molecule has 0 saturated carbocycles. The van der Waals surface area contributed by atoms with Gasteiger partial charge in [0.15, 0.2) is 0 Å². The highest BCUT2D eigenvalue weighted by atomic mass is 32.1. The van der Waals surface area contributed by atoms with Crippen molar-refractivity contribution in [3.05, 3.63) is 45.8 Å². The molecule has 0 bridgehead atoms. The third-order valence-corrected chi connectivity index (χ3v) is 5.04. The molecule has 0 unspecified atom stereocenters. The molecule has 0 radical (unpaired) electrons. The minimum absolute atomic E-state index is 0.0319. The Kier molecular flexibility index (Phi) is 7.70. The smallest absolute Gasteiger partial charge is 0.341 e. The van der Waals surface area contributed by atoms with E-state index in [-0.39, 0.29) is 35.2 Å². The Bertz CT molecular complexity index is 947. The number of nitrogens with two attached hydrogens (primary N) is 1. The maximum Gasteiger partial charge on any atom is 0.341 e. The lowest BCUT2D eigenvalue weighted by Gasteiger charge is -2.09. The Morgan fingerprint density at radius 3 is 2.48 bits per heavy atom. The van der Waals surface area contributed by atoms with E-state index < -0.39 is 17.8 Å². The van der Waals surface area contributed by atoms with E-state index in [0.29, 0.717) is 16.8 Å². The molecule has 1 heterocycles. The first-order valence-corrected chi connectivity index (χ1v) is 9.32. The summed E-state index contributed by atoms with van der Waals surface area (Å²) in [4.78, 5) is 36.5. The fraction of sp³-hybridized carbons (Fsp3) is 0.263. The van der Waals surface area contributed by atoms with Crippen LogP contribution in [0.4, 0.5) is 10.7 Å². The molecule has 0 aliphatic carbocycles. The molecule has 2 rings (SSSR count). The molecule has 9 nitrogen and oxygen atoms in total. The van der Waals surface area contributed by atoms with E-state index in [4.69, 9.17) is 20.5 Å². The van der Waals surface area contributed by atoms with E-state index in [0.717, 1.165) is 11.3 Å². The lowest BCUT2D eigenvalue weighted by atomic mass is 10.1. The Morgan fingerprint density at radius 2 is 1.90 bits per heavy atom. The van der Waals surface area contributed by atoms with Gasteiger partial charge in [-0.3, -0.25) is 9.59 Å². The number of hydrogen-bond donors (Lipinski definition) is 3. The molecule has 29 heavy (non-hydrogen) atoms. The van der Waals surface area contributed by atoms with Crippen LogP contribution in [0.25, 0.3) is 0 Å². The highest BCUT2D eigenvalue weighted by Gasteiger charge is 2.25. The van der Waals surface area contributed by atoms with E-state index >= 15 is 0 Å². The van der Waals surface area contributed by atoms with Crippen LogP contribution in [0.1, 0.15) is 31.2 Å². The second-order valence-corrected chi connectivity index (χ2v) is 6.86. The van der Waals surface area contributed by atoms with Crippen LogP contribution in [0.5, 0.6) is 0 Å². The van der Waals surface area contributed by atoms with Crippen LogP contribution in [0.3, 0.4) is 0 Å². The number of primary amides is 1. The largest absolute Gasteiger partial charge is 0.460 e. The lowest BCUT2D eigenvalue weighted by Crippen LogP contribution is -2.22. The Labute approximate surface area is 171 Å². The van der Waals surface area contributed by atoms with Crippen LogP contribution in [0, 0.1) is 18.3 Å². The van der Waals surface area contributed by atoms with E-state index in [9.17, 15) is 14.4 Å². The van der Waals surface area contributed by atoms with Gasteiger partial charge in [-0.1, -0.05) is 0 Å². The lowest BCUT2D eigenvalue weighted by molar-refractivity contribution is -0.114. The molecule has 0 aliphatic heterocycles. The predicted octanol–water partition coefficient (Wildman–Crippen LogP) is 1.88. The van der Waals surface area contributed by atoms with Gasteiger partial charge in [-0.15, -0.1) is 11.3 Å². The topological polar surface area (TPSA) is 144 Å². The summed E-state index contributed by atoms with van der Waals surface area (Å²) in [6, 6.07) is 8.59. The third-order valence-electron chi connectivity index (χ3n) is 3.82. The molecule has 152 valence electrons. The van der Waals surface area contributed by atoms with Gasteiger partial charge in [-0.2, -0.15) is 5.26 Å². The van der Waals surface area contributed by atoms with Crippen LogP contribution in [0.2, 0.25) is 0 Å². The fourth-order valence-electron chi connectivity index (χ4n) is 2.39. The number of thiophene rings is 1. The van der Waals surface area contributed by atoms with Crippen molar-refractivity contribution in [2.24, 2.45) is 5.73 Å². The zero-order chi connectivity index (χ0) is 21.4. The molecule has 0 fully saturated rings. The van der Waals surface area contributed by atoms with Crippen molar-refractivity contribution in [1.82, 2.24) is 0 Å². The molecule has 0 aliphatic rings. The number of methoxy groups -OCH3 is 1. The third kappa shape index (κ3) is 5.78. The maximum absolute atomic E-state index is 12.4. The fourth-order valence-corrected chi connectivity index (χ4v) is 3.45. The summed E-state index contributed by atoms with van der Waals surface area (Å²) in [6.07, 6.45) is 0. The molecule has 1 aromatic carbocycles. The SMILES string of the molecule is COCCOC(=O)c1c(NC(=O)CNc2ccc(C#N)cc2)sc(C(N)=O)c1C. The van der Waals surface area contributed by atoms with E-state index in [2.05, 4.69) is 10.6 Å². The average molecular weight is 416 g/mol. The molecular formula is C19H20N4O5S. The first-order chi connectivity index (χ1) is 13.9. The van der Waals surface area contributed by atoms with Crippen molar-refractivity contribution in [2.45, 2.75) is 6.92 Å². The van der Waals surface area contributed by atoms with Crippen LogP contribution in [-0.2, 0) is 14.3 Å². The quantitative estimate of drug-likeness (QED) is 0.418. The number of amides is 2. The van der Waals surface area contributed by atoms with Gasteiger partial charge in [0.1, 0.15) is 11.6 Å². The van der Waals surface area contributed by atoms with Gasteiger partial charge in [0.05, 0.1) is 35.2 Å². The zero-order valence-corrected chi connectivity index (χ0v) is 16.7. The predicted molar refractivity (Wildman–Crippen MR) is 108 cm³/mol. The van der Waals surface area contributed by atoms with Gasteiger partial charge < -0.3 is 25.8 Å². The van der Waals surface area contributed by atoms with Gasteiger partial charge in [-0.05, 0) is 36.8 Å². The van der Waals surface area contributed by atoms with Crippen molar-refractivity contribution in [2.75, 3.05) is 37.5 Å². The molecule has 2 amide bonds. The highest BCUT2D eigenvalue weighted by molar-refractivity contribution is 7.18. The van der Waals surface area contributed by atoms with Crippen molar-refractivity contribution >= 4 is 39.8 Å². The second-order valence-electron chi connectivity index (χ2n) is 5.84. The number of anilines is 2. The monoisotopic (exact) mass is 416 g/mol. The number of benzene rings is 1. The van der Waals surface area contributed by atoms with Gasteiger partial charge >= 0.3 is 5.97 Å². The van der Waals surface area contributed by atoms with Crippen LogP contribution >= 0.6 is 11.3 Å². The Hall–Kier alpha value is -3.42. The van der Waals surface area contributed by atoms with Gasteiger partial charge in [0, 0.05) is 12.8 Å². The molecule has 0 spiro atoms. The van der Waals surface area contributed by atoms with E-state index in [1.165, 1.54) is 7.11 Å². The molecule has 10 heteroatoms. The Morgan fingerprint density at radius 1 is 1.21 bits per heavy atom. The number of carbonyl (C=O) groups excluding carboxylic acids is 3. The summed E-state index contributed by atoms with van der Waals surface area (Å²) in [5.41, 5.74) is 6.95. The minimum Gasteiger partial charge on any atom is -0.460 e. The van der Waals surface area contributed by atoms with Crippen molar-refractivity contribution in [3.63, 3.8) is 0 Å². The summed E-state index contributed by atoms with van der Waals surface area (Å²) in [5.74, 6) is -1.81. The molecule has 0 atom stereocenters. The molecule has 1 aromatic heterocycles. The van der Waals surface area contributed by atoms with E-state index in [1.807, 2.05) is 6.07 Å². The first kappa shape index (κ1) is 21.9. The van der Waals surface area contributed by atoms with Crippen molar-refractivity contribution in [1.29, 1.82) is 5.26 Å². The van der Waals surface area contributed by atoms with Gasteiger partial charge in [0.25, 0.3) is 5.91 Å². The number of hydrogen-bond acceptors (Lipinski definition) is 8. The first-order valence-electron chi connectivity index (χ1n) is 8.50. The van der Waals surface area contributed by atoms with Crippen molar-refractivity contribution in [3.8, 4) is 6.07 Å². The Balaban J connectivity index is 2.11. The number of rotatable bonds is 9. The zero-order valence-electron chi connectivity index (χ0n) is 15.9. The number of esters is 1. The van der Waals surface area contributed by atoms with Crippen molar-refractivity contribution < 1.29 is 23.9 Å². The van der Waals surface area contributed by atoms with Crippen LogP contribution in [0.15, 0.2) is 24.3 Å². The van der Waals surface area contributed by atoms with Crippen LogP contribution < -0.4 is 16.4 Å². The summed E-state index contributed by atoms with van der Waals surface area (Å²) in [5, 5.41) is 14.5. The molecule has 0 saturated heterocycles. The van der Waals surface area contributed by atoms with Crippen LogP contribution in [-0.4, -0.2) is 44.7 Å². The normalized spacial score (nSPS) is 10.1. The molecule has 2 aromatic rings. The standard InChI is InChI=1S/C19H20N4O5S/c1-11-15(19(26)28-8-7-27-2)18(29-16(11)17(21)25)23-14(24)10-22-13-5-3-12(9-20)4-6-13/h3-6,22H,7-8,10H2,1-2H3,(H2,21,25)(H,23,24). The number of ether oxygens (including phenoxy) is 2. The number of carbonyl (C=O) groups is 3. The number of nitrogens with zero attached hydrogens (tertiary/aromatic N) is 1. The second kappa shape index (κ2) is 10.2. The molecule has 4 N–H and O–H groups in total. The number of nitriles is 1. The van der Waals surface area contributed by atoms with Gasteiger partial charge in [0.2, 0.25) is 5.91 Å². The van der Waals surface area contributed by atoms with E-state index in [1.54, 1.807) is 31.2 Å². The molecular weight excluding hydrogens is 396 g/mol. The summed E-state index contributed by atoms with van der Waals surface area (Å²) in [6.45, 7) is 1.72. The average Bonchev–Trinajstić information content (AvgIpc) is 3.03. The summed E-state index contributed by atoms with van der Waals surface area (Å²) >= 11 is 0.914. The minimum atomic E-state index is -0.699. The summed E-state index contributed by atoms with van der Waals surface area (Å²) < 4.78 is 9.95.